The van der Waals surface area contributed by atoms with E-state index in [9.17, 15) is 0 Å². The Labute approximate surface area is 151 Å². The topological polar surface area (TPSA) is 52.8 Å². The molecule has 0 fully saturated rings. The summed E-state index contributed by atoms with van der Waals surface area (Å²) < 4.78 is 8.35. The molecule has 0 aliphatic rings. The van der Waals surface area contributed by atoms with E-state index in [-0.39, 0.29) is 6.61 Å². The SMILES string of the molecule is Clc1cn(Cc2cccc(Br)c2)nc1OCc1cncnc1Cl. The lowest BCUT2D eigenvalue weighted by molar-refractivity contribution is 0.289. The zero-order valence-electron chi connectivity index (χ0n) is 11.8. The number of nitrogens with zero attached hydrogens (tertiary/aromatic N) is 4. The van der Waals surface area contributed by atoms with E-state index in [1.54, 1.807) is 17.1 Å². The minimum Gasteiger partial charge on any atom is -0.471 e. The van der Waals surface area contributed by atoms with Crippen molar-refractivity contribution in [2.75, 3.05) is 0 Å². The Bertz CT molecular complexity index is 825. The van der Waals surface area contributed by atoms with Gasteiger partial charge in [-0.15, -0.1) is 5.10 Å². The Morgan fingerprint density at radius 2 is 2.13 bits per heavy atom. The van der Waals surface area contributed by atoms with Crippen molar-refractivity contribution in [3.63, 3.8) is 0 Å². The third kappa shape index (κ3) is 4.22. The van der Waals surface area contributed by atoms with E-state index in [4.69, 9.17) is 27.9 Å². The van der Waals surface area contributed by atoms with E-state index < -0.39 is 0 Å². The predicted octanol–water partition coefficient (Wildman–Crippen LogP) is 4.37. The van der Waals surface area contributed by atoms with Gasteiger partial charge in [-0.2, -0.15) is 0 Å². The van der Waals surface area contributed by atoms with Crippen molar-refractivity contribution in [2.24, 2.45) is 0 Å². The van der Waals surface area contributed by atoms with E-state index >= 15 is 0 Å². The molecule has 3 aromatic rings. The summed E-state index contributed by atoms with van der Waals surface area (Å²) in [5, 5.41) is 5.13. The molecule has 0 bridgehead atoms. The molecule has 1 aromatic carbocycles. The summed E-state index contributed by atoms with van der Waals surface area (Å²) >= 11 is 15.6. The molecule has 118 valence electrons. The van der Waals surface area contributed by atoms with Crippen LogP contribution in [0.3, 0.4) is 0 Å². The Morgan fingerprint density at radius 1 is 1.26 bits per heavy atom. The standard InChI is InChI=1S/C15H11BrCl2N4O/c16-12-3-1-2-10(4-12)6-22-7-13(17)15(21-22)23-8-11-5-19-9-20-14(11)18/h1-5,7,9H,6,8H2. The van der Waals surface area contributed by atoms with Crippen LogP contribution in [-0.2, 0) is 13.2 Å². The van der Waals surface area contributed by atoms with Gasteiger partial charge in [0, 0.05) is 22.4 Å². The molecule has 0 atom stereocenters. The van der Waals surface area contributed by atoms with Gasteiger partial charge in [-0.3, -0.25) is 4.68 Å². The van der Waals surface area contributed by atoms with Gasteiger partial charge in [0.1, 0.15) is 23.1 Å². The number of benzene rings is 1. The van der Waals surface area contributed by atoms with Gasteiger partial charge in [0.25, 0.3) is 5.88 Å². The van der Waals surface area contributed by atoms with Crippen molar-refractivity contribution in [3.8, 4) is 5.88 Å². The zero-order valence-corrected chi connectivity index (χ0v) is 14.9. The highest BCUT2D eigenvalue weighted by molar-refractivity contribution is 9.10. The smallest absolute Gasteiger partial charge is 0.252 e. The normalized spacial score (nSPS) is 10.7. The molecule has 0 aliphatic heterocycles. The van der Waals surface area contributed by atoms with Crippen molar-refractivity contribution in [2.45, 2.75) is 13.2 Å². The molecule has 3 rings (SSSR count). The summed E-state index contributed by atoms with van der Waals surface area (Å²) in [5.74, 6) is 0.349. The summed E-state index contributed by atoms with van der Waals surface area (Å²) in [4.78, 5) is 7.81. The van der Waals surface area contributed by atoms with Crippen molar-refractivity contribution < 1.29 is 4.74 Å². The Kier molecular flexibility index (Phi) is 5.15. The van der Waals surface area contributed by atoms with Gasteiger partial charge in [-0.25, -0.2) is 9.97 Å². The first-order chi connectivity index (χ1) is 11.1. The van der Waals surface area contributed by atoms with Crippen molar-refractivity contribution in [1.29, 1.82) is 0 Å². The molecule has 0 saturated carbocycles. The van der Waals surface area contributed by atoms with Crippen LogP contribution in [0.25, 0.3) is 0 Å². The number of halogens is 3. The molecule has 2 aromatic heterocycles. The van der Waals surface area contributed by atoms with Crippen molar-refractivity contribution >= 4 is 39.1 Å². The average Bonchev–Trinajstić information content (AvgIpc) is 2.86. The maximum absolute atomic E-state index is 6.17. The van der Waals surface area contributed by atoms with Gasteiger partial charge in [0.05, 0.1) is 6.54 Å². The average molecular weight is 414 g/mol. The molecule has 0 spiro atoms. The molecular formula is C15H11BrCl2N4O. The Morgan fingerprint density at radius 3 is 2.91 bits per heavy atom. The second-order valence-corrected chi connectivity index (χ2v) is 6.42. The largest absolute Gasteiger partial charge is 0.471 e. The van der Waals surface area contributed by atoms with Crippen molar-refractivity contribution in [3.05, 3.63) is 68.8 Å². The number of rotatable bonds is 5. The zero-order chi connectivity index (χ0) is 16.2. The third-order valence-electron chi connectivity index (χ3n) is 3.02. The van der Waals surface area contributed by atoms with Crippen molar-refractivity contribution in [1.82, 2.24) is 19.7 Å². The number of hydrogen-bond acceptors (Lipinski definition) is 4. The van der Waals surface area contributed by atoms with E-state index in [1.807, 2.05) is 24.3 Å². The molecule has 0 radical (unpaired) electrons. The fourth-order valence-corrected chi connectivity index (χ4v) is 2.77. The first-order valence-electron chi connectivity index (χ1n) is 6.66. The first-order valence-corrected chi connectivity index (χ1v) is 8.21. The lowest BCUT2D eigenvalue weighted by atomic mass is 10.2. The maximum Gasteiger partial charge on any atom is 0.252 e. The lowest BCUT2D eigenvalue weighted by Crippen LogP contribution is -2.02. The van der Waals surface area contributed by atoms with Crippen LogP contribution < -0.4 is 4.74 Å². The minimum atomic E-state index is 0.202. The van der Waals surface area contributed by atoms with Gasteiger partial charge in [0.15, 0.2) is 0 Å². The van der Waals surface area contributed by atoms with Gasteiger partial charge < -0.3 is 4.74 Å². The van der Waals surface area contributed by atoms with Gasteiger partial charge >= 0.3 is 0 Å². The summed E-state index contributed by atoms with van der Waals surface area (Å²) in [7, 11) is 0. The van der Waals surface area contributed by atoms with E-state index in [2.05, 4.69) is 31.0 Å². The molecule has 8 heteroatoms. The monoisotopic (exact) mass is 412 g/mol. The summed E-state index contributed by atoms with van der Waals surface area (Å²) in [6, 6.07) is 7.98. The fraction of sp³-hybridized carbons (Fsp3) is 0.133. The summed E-state index contributed by atoms with van der Waals surface area (Å²) in [5.41, 5.74) is 1.77. The van der Waals surface area contributed by atoms with Gasteiger partial charge in [-0.1, -0.05) is 51.3 Å². The van der Waals surface area contributed by atoms with Crippen LogP contribution in [0.1, 0.15) is 11.1 Å². The molecule has 0 aliphatic carbocycles. The molecule has 5 nitrogen and oxygen atoms in total. The second kappa shape index (κ2) is 7.29. The summed E-state index contributed by atoms with van der Waals surface area (Å²) in [6.45, 7) is 0.797. The quantitative estimate of drug-likeness (QED) is 0.582. The van der Waals surface area contributed by atoms with E-state index in [1.165, 1.54) is 6.33 Å². The molecule has 23 heavy (non-hydrogen) atoms. The summed E-state index contributed by atoms with van der Waals surface area (Å²) in [6.07, 6.45) is 4.70. The van der Waals surface area contributed by atoms with Gasteiger partial charge in [0.2, 0.25) is 0 Å². The second-order valence-electron chi connectivity index (χ2n) is 4.74. The highest BCUT2D eigenvalue weighted by atomic mass is 79.9. The maximum atomic E-state index is 6.17. The van der Waals surface area contributed by atoms with Crippen LogP contribution in [0, 0.1) is 0 Å². The Balaban J connectivity index is 1.70. The highest BCUT2D eigenvalue weighted by Gasteiger charge is 2.10. The minimum absolute atomic E-state index is 0.202. The number of hydrogen-bond donors (Lipinski definition) is 0. The number of ether oxygens (including phenoxy) is 1. The first kappa shape index (κ1) is 16.2. The lowest BCUT2D eigenvalue weighted by Gasteiger charge is -2.04. The van der Waals surface area contributed by atoms with Crippen LogP contribution in [-0.4, -0.2) is 19.7 Å². The van der Waals surface area contributed by atoms with Crippen LogP contribution >= 0.6 is 39.1 Å². The Hall–Kier alpha value is -1.63. The van der Waals surface area contributed by atoms with E-state index in [0.29, 0.717) is 28.2 Å². The highest BCUT2D eigenvalue weighted by Crippen LogP contribution is 2.24. The van der Waals surface area contributed by atoms with Crippen LogP contribution in [0.4, 0.5) is 0 Å². The van der Waals surface area contributed by atoms with Crippen LogP contribution in [0.2, 0.25) is 10.2 Å². The predicted molar refractivity (Wildman–Crippen MR) is 91.9 cm³/mol. The molecule has 0 N–H and O–H groups in total. The molecule has 0 saturated heterocycles. The number of aromatic nitrogens is 4. The molecule has 0 amide bonds. The molecule has 0 unspecified atom stereocenters. The van der Waals surface area contributed by atoms with Gasteiger partial charge in [-0.05, 0) is 17.7 Å². The molecular weight excluding hydrogens is 403 g/mol. The van der Waals surface area contributed by atoms with Crippen LogP contribution in [0.15, 0.2) is 47.5 Å². The fourth-order valence-electron chi connectivity index (χ4n) is 1.97. The van der Waals surface area contributed by atoms with E-state index in [0.717, 1.165) is 10.0 Å². The third-order valence-corrected chi connectivity index (χ3v) is 4.11. The molecule has 2 heterocycles. The van der Waals surface area contributed by atoms with Crippen LogP contribution in [0.5, 0.6) is 5.88 Å².